The zero-order chi connectivity index (χ0) is 22.1. The lowest BCUT2D eigenvalue weighted by Crippen LogP contribution is -2.12. The van der Waals surface area contributed by atoms with E-state index in [0.29, 0.717) is 22.9 Å². The Morgan fingerprint density at radius 3 is 2.47 bits per heavy atom. The Labute approximate surface area is 184 Å². The molecule has 0 atom stereocenters. The molecule has 1 N–H and O–H groups in total. The number of aromatic nitrogens is 5. The summed E-state index contributed by atoms with van der Waals surface area (Å²) in [7, 11) is -3.66. The van der Waals surface area contributed by atoms with Crippen LogP contribution in [0.5, 0.6) is 0 Å². The first-order chi connectivity index (χ1) is 15.5. The fraction of sp³-hybridized carbons (Fsp3) is 0.0435. The SMILES string of the molecule is Cc1cccc(S(=O)(=O)Nc2ccc(-c3ccc4nnc(-c5cccnc5)n4n3)cc2)c1. The Hall–Kier alpha value is -4.11. The minimum Gasteiger partial charge on any atom is -0.280 e. The van der Waals surface area contributed by atoms with E-state index in [1.165, 1.54) is 0 Å². The summed E-state index contributed by atoms with van der Waals surface area (Å²) < 4.78 is 29.6. The summed E-state index contributed by atoms with van der Waals surface area (Å²) in [6.45, 7) is 1.85. The van der Waals surface area contributed by atoms with Crippen molar-refractivity contribution in [2.45, 2.75) is 11.8 Å². The van der Waals surface area contributed by atoms with Crippen molar-refractivity contribution in [2.24, 2.45) is 0 Å². The summed E-state index contributed by atoms with van der Waals surface area (Å²) in [4.78, 5) is 4.35. The molecule has 8 nitrogen and oxygen atoms in total. The number of nitrogens with one attached hydrogen (secondary N) is 1. The highest BCUT2D eigenvalue weighted by molar-refractivity contribution is 7.92. The number of nitrogens with zero attached hydrogens (tertiary/aromatic N) is 5. The van der Waals surface area contributed by atoms with Crippen LogP contribution in [0.25, 0.3) is 28.3 Å². The first-order valence-electron chi connectivity index (χ1n) is 9.82. The molecule has 0 aliphatic carbocycles. The van der Waals surface area contributed by atoms with Crippen LogP contribution in [0.3, 0.4) is 0 Å². The van der Waals surface area contributed by atoms with E-state index in [2.05, 4.69) is 25.0 Å². The van der Waals surface area contributed by atoms with E-state index < -0.39 is 10.0 Å². The Morgan fingerprint density at radius 1 is 0.875 bits per heavy atom. The lowest BCUT2D eigenvalue weighted by molar-refractivity contribution is 0.601. The van der Waals surface area contributed by atoms with E-state index in [4.69, 9.17) is 0 Å². The average molecular weight is 443 g/mol. The standard InChI is InChI=1S/C23H18N6O2S/c1-16-4-2-6-20(14-16)32(30,31)28-19-9-7-17(8-10-19)21-11-12-22-25-26-23(29(22)27-21)18-5-3-13-24-15-18/h2-15,28H,1H3. The van der Waals surface area contributed by atoms with Crippen molar-refractivity contribution in [2.75, 3.05) is 4.72 Å². The Balaban J connectivity index is 1.44. The van der Waals surface area contributed by atoms with Crippen LogP contribution in [0.4, 0.5) is 5.69 Å². The molecule has 0 amide bonds. The largest absolute Gasteiger partial charge is 0.280 e. The maximum absolute atomic E-state index is 12.7. The van der Waals surface area contributed by atoms with Gasteiger partial charge in [0.25, 0.3) is 10.0 Å². The molecule has 0 bridgehead atoms. The van der Waals surface area contributed by atoms with Crippen LogP contribution >= 0.6 is 0 Å². The Morgan fingerprint density at radius 2 is 1.72 bits per heavy atom. The lowest BCUT2D eigenvalue weighted by atomic mass is 10.1. The van der Waals surface area contributed by atoms with Crippen LogP contribution < -0.4 is 4.72 Å². The second-order valence-electron chi connectivity index (χ2n) is 7.25. The third-order valence-electron chi connectivity index (χ3n) is 4.92. The number of anilines is 1. The predicted octanol–water partition coefficient (Wildman–Crippen LogP) is 3.96. The highest BCUT2D eigenvalue weighted by Gasteiger charge is 2.15. The van der Waals surface area contributed by atoms with Gasteiger partial charge in [-0.25, -0.2) is 8.42 Å². The molecule has 0 fully saturated rings. The summed E-state index contributed by atoms with van der Waals surface area (Å²) in [6.07, 6.45) is 3.40. The molecule has 0 saturated heterocycles. The fourth-order valence-electron chi connectivity index (χ4n) is 3.32. The van der Waals surface area contributed by atoms with Gasteiger partial charge in [-0.1, -0.05) is 24.3 Å². The molecule has 0 spiro atoms. The molecular weight excluding hydrogens is 424 g/mol. The molecule has 0 radical (unpaired) electrons. The monoisotopic (exact) mass is 442 g/mol. The predicted molar refractivity (Wildman–Crippen MR) is 121 cm³/mol. The highest BCUT2D eigenvalue weighted by Crippen LogP contribution is 2.23. The van der Waals surface area contributed by atoms with E-state index in [9.17, 15) is 8.42 Å². The van der Waals surface area contributed by atoms with Crippen molar-refractivity contribution in [3.05, 3.63) is 90.8 Å². The van der Waals surface area contributed by atoms with Gasteiger partial charge in [-0.05, 0) is 61.0 Å². The fourth-order valence-corrected chi connectivity index (χ4v) is 4.49. The average Bonchev–Trinajstić information content (AvgIpc) is 3.23. The maximum atomic E-state index is 12.7. The molecule has 5 aromatic rings. The normalized spacial score (nSPS) is 11.5. The molecule has 0 unspecified atom stereocenters. The third kappa shape index (κ3) is 3.81. The van der Waals surface area contributed by atoms with E-state index in [1.54, 1.807) is 47.2 Å². The summed E-state index contributed by atoms with van der Waals surface area (Å²) in [5.41, 5.74) is 4.31. The van der Waals surface area contributed by atoms with Crippen molar-refractivity contribution in [1.29, 1.82) is 0 Å². The van der Waals surface area contributed by atoms with Crippen LogP contribution in [0, 0.1) is 6.92 Å². The van der Waals surface area contributed by atoms with Gasteiger partial charge in [0.1, 0.15) is 0 Å². The van der Waals surface area contributed by atoms with Crippen molar-refractivity contribution in [3.8, 4) is 22.6 Å². The third-order valence-corrected chi connectivity index (χ3v) is 6.29. The van der Waals surface area contributed by atoms with Gasteiger partial charge in [0.05, 0.1) is 10.6 Å². The van der Waals surface area contributed by atoms with Crippen molar-refractivity contribution in [3.63, 3.8) is 0 Å². The number of pyridine rings is 1. The molecular formula is C23H18N6O2S. The summed E-state index contributed by atoms with van der Waals surface area (Å²) in [5, 5.41) is 13.1. The zero-order valence-corrected chi connectivity index (χ0v) is 17.9. The summed E-state index contributed by atoms with van der Waals surface area (Å²) in [6, 6.07) is 21.2. The van der Waals surface area contributed by atoms with Crippen LogP contribution in [-0.4, -0.2) is 33.2 Å². The lowest BCUT2D eigenvalue weighted by Gasteiger charge is -2.09. The van der Waals surface area contributed by atoms with E-state index in [1.807, 2.05) is 49.4 Å². The molecule has 2 aromatic carbocycles. The number of hydrogen-bond acceptors (Lipinski definition) is 6. The molecule has 0 aliphatic rings. The van der Waals surface area contributed by atoms with Crippen molar-refractivity contribution < 1.29 is 8.42 Å². The molecule has 9 heteroatoms. The quantitative estimate of drug-likeness (QED) is 0.442. The second kappa shape index (κ2) is 7.86. The number of aryl methyl sites for hydroxylation is 1. The van der Waals surface area contributed by atoms with Gasteiger partial charge in [0, 0.05) is 29.2 Å². The Kier molecular flexibility index (Phi) is 4.87. The summed E-state index contributed by atoms with van der Waals surface area (Å²) >= 11 is 0. The highest BCUT2D eigenvalue weighted by atomic mass is 32.2. The number of rotatable bonds is 5. The number of hydrogen-bond donors (Lipinski definition) is 1. The maximum Gasteiger partial charge on any atom is 0.261 e. The molecule has 3 aromatic heterocycles. The topological polar surface area (TPSA) is 102 Å². The van der Waals surface area contributed by atoms with Crippen molar-refractivity contribution in [1.82, 2.24) is 24.8 Å². The molecule has 3 heterocycles. The first kappa shape index (κ1) is 19.8. The van der Waals surface area contributed by atoms with E-state index in [-0.39, 0.29) is 4.90 Å². The molecule has 0 saturated carbocycles. The van der Waals surface area contributed by atoms with Gasteiger partial charge in [0.2, 0.25) is 0 Å². The van der Waals surface area contributed by atoms with Crippen molar-refractivity contribution >= 4 is 21.4 Å². The number of sulfonamides is 1. The molecule has 158 valence electrons. The van der Waals surface area contributed by atoms with Gasteiger partial charge in [-0.2, -0.15) is 9.61 Å². The molecule has 0 aliphatic heterocycles. The first-order valence-corrected chi connectivity index (χ1v) is 11.3. The van der Waals surface area contributed by atoms with Gasteiger partial charge in [-0.3, -0.25) is 9.71 Å². The van der Waals surface area contributed by atoms with E-state index >= 15 is 0 Å². The van der Waals surface area contributed by atoms with Crippen LogP contribution in [0.15, 0.2) is 90.1 Å². The van der Waals surface area contributed by atoms with Gasteiger partial charge in [0.15, 0.2) is 11.5 Å². The number of benzene rings is 2. The number of fused-ring (bicyclic) bond motifs is 1. The summed E-state index contributed by atoms with van der Waals surface area (Å²) in [5.74, 6) is 0.595. The van der Waals surface area contributed by atoms with Crippen LogP contribution in [-0.2, 0) is 10.0 Å². The molecule has 5 rings (SSSR count). The molecule has 32 heavy (non-hydrogen) atoms. The zero-order valence-electron chi connectivity index (χ0n) is 17.0. The Bertz CT molecular complexity index is 1510. The van der Waals surface area contributed by atoms with Gasteiger partial charge >= 0.3 is 0 Å². The van der Waals surface area contributed by atoms with Gasteiger partial charge < -0.3 is 0 Å². The minimum absolute atomic E-state index is 0.226. The van der Waals surface area contributed by atoms with Crippen LogP contribution in [0.2, 0.25) is 0 Å². The van der Waals surface area contributed by atoms with E-state index in [0.717, 1.165) is 16.7 Å². The van der Waals surface area contributed by atoms with Gasteiger partial charge in [-0.15, -0.1) is 10.2 Å². The smallest absolute Gasteiger partial charge is 0.261 e. The second-order valence-corrected chi connectivity index (χ2v) is 8.94. The van der Waals surface area contributed by atoms with Crippen LogP contribution in [0.1, 0.15) is 5.56 Å². The minimum atomic E-state index is -3.66.